The lowest BCUT2D eigenvalue weighted by atomic mass is 9.68. The minimum absolute atomic E-state index is 0.0627. The van der Waals surface area contributed by atoms with Gasteiger partial charge in [-0.15, -0.1) is 0 Å². The highest BCUT2D eigenvalue weighted by Gasteiger charge is 2.46. The van der Waals surface area contributed by atoms with Gasteiger partial charge in [0.05, 0.1) is 24.3 Å². The van der Waals surface area contributed by atoms with Crippen LogP contribution in [0, 0.1) is 11.3 Å². The molecule has 4 nitrogen and oxygen atoms in total. The molecule has 1 saturated carbocycles. The molecule has 0 unspecified atom stereocenters. The van der Waals surface area contributed by atoms with Crippen molar-refractivity contribution in [3.63, 3.8) is 0 Å². The van der Waals surface area contributed by atoms with Crippen molar-refractivity contribution in [1.82, 2.24) is 5.43 Å². The van der Waals surface area contributed by atoms with E-state index in [1.54, 1.807) is 0 Å². The van der Waals surface area contributed by atoms with Crippen LogP contribution in [0.5, 0.6) is 5.75 Å². The van der Waals surface area contributed by atoms with Gasteiger partial charge < -0.3 is 10.2 Å². The van der Waals surface area contributed by atoms with Crippen LogP contribution in [0.4, 0.5) is 0 Å². The molecule has 0 radical (unpaired) electrons. The Morgan fingerprint density at radius 1 is 1.30 bits per heavy atom. The number of nitrogens with one attached hydrogen (secondary N) is 1. The predicted octanol–water partition coefficient (Wildman–Crippen LogP) is 3.55. The Morgan fingerprint density at radius 2 is 2.04 bits per heavy atom. The minimum atomic E-state index is -0.102. The first kappa shape index (κ1) is 16.0. The zero-order chi connectivity index (χ0) is 16.4. The predicted molar refractivity (Wildman–Crippen MR) is 91.8 cm³/mol. The molecule has 124 valence electrons. The van der Waals surface area contributed by atoms with Crippen molar-refractivity contribution in [3.8, 4) is 5.75 Å². The second kappa shape index (κ2) is 6.34. The molecule has 4 heteroatoms. The summed E-state index contributed by atoms with van der Waals surface area (Å²) < 4.78 is 5.70. The Morgan fingerprint density at radius 3 is 2.74 bits per heavy atom. The number of carbonyl (C=O) groups is 1. The van der Waals surface area contributed by atoms with Crippen LogP contribution in [0.3, 0.4) is 0 Å². The summed E-state index contributed by atoms with van der Waals surface area (Å²) in [5.74, 6) is 1.08. The Balaban J connectivity index is 1.71. The molecule has 0 amide bonds. The SMILES string of the molecule is CCCCOc1ccc(C2=NN[C@@H]3CC(C)(C)CC(=O)[C@@H]23)cc1. The van der Waals surface area contributed by atoms with E-state index in [9.17, 15) is 4.79 Å². The normalized spacial score (nSPS) is 25.5. The van der Waals surface area contributed by atoms with Gasteiger partial charge in [0.15, 0.2) is 0 Å². The monoisotopic (exact) mass is 314 g/mol. The first-order valence-corrected chi connectivity index (χ1v) is 8.59. The number of ketones is 1. The van der Waals surface area contributed by atoms with Crippen LogP contribution in [0.15, 0.2) is 29.4 Å². The van der Waals surface area contributed by atoms with E-state index in [2.05, 4.69) is 31.3 Å². The summed E-state index contributed by atoms with van der Waals surface area (Å²) in [6, 6.07) is 8.10. The van der Waals surface area contributed by atoms with Crippen LogP contribution in [-0.4, -0.2) is 24.1 Å². The van der Waals surface area contributed by atoms with Gasteiger partial charge in [0.25, 0.3) is 0 Å². The smallest absolute Gasteiger partial charge is 0.144 e. The summed E-state index contributed by atoms with van der Waals surface area (Å²) in [4.78, 5) is 12.6. The zero-order valence-corrected chi connectivity index (χ0v) is 14.3. The van der Waals surface area contributed by atoms with Gasteiger partial charge in [-0.1, -0.05) is 27.2 Å². The second-order valence-electron chi connectivity index (χ2n) is 7.45. The summed E-state index contributed by atoms with van der Waals surface area (Å²) in [6.45, 7) is 7.21. The maximum absolute atomic E-state index is 12.6. The van der Waals surface area contributed by atoms with Gasteiger partial charge in [0.1, 0.15) is 11.5 Å². The molecule has 1 aromatic carbocycles. The van der Waals surface area contributed by atoms with Gasteiger partial charge in [-0.05, 0) is 48.1 Å². The fraction of sp³-hybridized carbons (Fsp3) is 0.579. The lowest BCUT2D eigenvalue weighted by Crippen LogP contribution is -2.45. The number of hydrazone groups is 1. The van der Waals surface area contributed by atoms with Gasteiger partial charge >= 0.3 is 0 Å². The molecule has 1 aliphatic carbocycles. The molecule has 1 aliphatic heterocycles. The van der Waals surface area contributed by atoms with Gasteiger partial charge in [0, 0.05) is 6.42 Å². The van der Waals surface area contributed by atoms with E-state index in [1.165, 1.54) is 0 Å². The minimum Gasteiger partial charge on any atom is -0.494 e. The third kappa shape index (κ3) is 3.41. The Hall–Kier alpha value is -1.84. The molecule has 1 fully saturated rings. The Kier molecular flexibility index (Phi) is 4.42. The fourth-order valence-corrected chi connectivity index (χ4v) is 3.58. The molecule has 2 atom stereocenters. The van der Waals surface area contributed by atoms with Crippen molar-refractivity contribution in [2.75, 3.05) is 6.61 Å². The van der Waals surface area contributed by atoms with Gasteiger partial charge in [-0.2, -0.15) is 5.10 Å². The van der Waals surface area contributed by atoms with Crippen LogP contribution in [-0.2, 0) is 4.79 Å². The number of ether oxygens (including phenoxy) is 1. The lowest BCUT2D eigenvalue weighted by molar-refractivity contribution is -0.126. The molecule has 1 heterocycles. The number of rotatable bonds is 5. The third-order valence-electron chi connectivity index (χ3n) is 4.74. The van der Waals surface area contributed by atoms with Crippen LogP contribution < -0.4 is 10.2 Å². The van der Waals surface area contributed by atoms with Gasteiger partial charge in [-0.25, -0.2) is 0 Å². The molecule has 1 aromatic rings. The van der Waals surface area contributed by atoms with E-state index in [4.69, 9.17) is 4.74 Å². The van der Waals surface area contributed by atoms with E-state index in [0.29, 0.717) is 12.2 Å². The average molecular weight is 314 g/mol. The zero-order valence-electron chi connectivity index (χ0n) is 14.3. The number of benzene rings is 1. The van der Waals surface area contributed by atoms with E-state index >= 15 is 0 Å². The molecular weight excluding hydrogens is 288 g/mol. The summed E-state index contributed by atoms with van der Waals surface area (Å²) in [6.07, 6.45) is 3.80. The second-order valence-corrected chi connectivity index (χ2v) is 7.45. The number of carbonyl (C=O) groups excluding carboxylic acids is 1. The van der Waals surface area contributed by atoms with E-state index in [1.807, 2.05) is 24.3 Å². The maximum Gasteiger partial charge on any atom is 0.144 e. The van der Waals surface area contributed by atoms with Crippen LogP contribution in [0.25, 0.3) is 0 Å². The summed E-state index contributed by atoms with van der Waals surface area (Å²) >= 11 is 0. The number of nitrogens with zero attached hydrogens (tertiary/aromatic N) is 1. The Labute approximate surface area is 138 Å². The number of fused-ring (bicyclic) bond motifs is 1. The van der Waals surface area contributed by atoms with E-state index in [0.717, 1.165) is 42.9 Å². The summed E-state index contributed by atoms with van der Waals surface area (Å²) in [5.41, 5.74) is 5.15. The molecule has 23 heavy (non-hydrogen) atoms. The molecule has 0 spiro atoms. The standard InChI is InChI=1S/C19H26N2O2/c1-4-5-10-23-14-8-6-13(7-9-14)18-17-15(20-21-18)11-19(2,3)12-16(17)22/h6-9,15,17,20H,4-5,10-12H2,1-3H3/t15-,17+/m1/s1. The quantitative estimate of drug-likeness (QED) is 0.846. The highest BCUT2D eigenvalue weighted by Crippen LogP contribution is 2.39. The average Bonchev–Trinajstić information content (AvgIpc) is 2.91. The van der Waals surface area contributed by atoms with Crippen molar-refractivity contribution >= 4 is 11.5 Å². The molecule has 1 N–H and O–H groups in total. The number of unbranched alkanes of at least 4 members (excludes halogenated alkanes) is 1. The third-order valence-corrected chi connectivity index (χ3v) is 4.74. The molecule has 0 saturated heterocycles. The highest BCUT2D eigenvalue weighted by molar-refractivity contribution is 6.15. The molecular formula is C19H26N2O2. The van der Waals surface area contributed by atoms with Crippen molar-refractivity contribution < 1.29 is 9.53 Å². The van der Waals surface area contributed by atoms with Crippen LogP contribution in [0.2, 0.25) is 0 Å². The first-order chi connectivity index (χ1) is 11.0. The molecule has 0 bridgehead atoms. The van der Waals surface area contributed by atoms with Crippen molar-refractivity contribution in [2.24, 2.45) is 16.4 Å². The van der Waals surface area contributed by atoms with E-state index in [-0.39, 0.29) is 17.4 Å². The topological polar surface area (TPSA) is 50.7 Å². The fourth-order valence-electron chi connectivity index (χ4n) is 3.58. The van der Waals surface area contributed by atoms with Crippen LogP contribution in [0.1, 0.15) is 52.0 Å². The Bertz CT molecular complexity index is 604. The number of hydrogen-bond donors (Lipinski definition) is 1. The molecule has 2 aliphatic rings. The van der Waals surface area contributed by atoms with Gasteiger partial charge in [0.2, 0.25) is 0 Å². The van der Waals surface area contributed by atoms with Crippen molar-refractivity contribution in [2.45, 2.75) is 52.5 Å². The van der Waals surface area contributed by atoms with Crippen molar-refractivity contribution in [1.29, 1.82) is 0 Å². The van der Waals surface area contributed by atoms with Crippen molar-refractivity contribution in [3.05, 3.63) is 29.8 Å². The lowest BCUT2D eigenvalue weighted by Gasteiger charge is -2.36. The molecule has 0 aromatic heterocycles. The molecule has 3 rings (SSSR count). The largest absolute Gasteiger partial charge is 0.494 e. The van der Waals surface area contributed by atoms with E-state index < -0.39 is 0 Å². The van der Waals surface area contributed by atoms with Crippen LogP contribution >= 0.6 is 0 Å². The summed E-state index contributed by atoms with van der Waals surface area (Å²) in [5, 5.41) is 4.48. The number of Topliss-reactive ketones (excluding diaryl/α,β-unsaturated/α-hetero) is 1. The maximum atomic E-state index is 12.6. The number of hydrogen-bond acceptors (Lipinski definition) is 4. The summed E-state index contributed by atoms with van der Waals surface area (Å²) in [7, 11) is 0. The highest BCUT2D eigenvalue weighted by atomic mass is 16.5. The van der Waals surface area contributed by atoms with Gasteiger partial charge in [-0.3, -0.25) is 4.79 Å². The first-order valence-electron chi connectivity index (χ1n) is 8.59.